The van der Waals surface area contributed by atoms with Crippen LogP contribution in [0, 0.1) is 5.92 Å². The average Bonchev–Trinajstić information content (AvgIpc) is 3.18. The van der Waals surface area contributed by atoms with Crippen molar-refractivity contribution < 1.29 is 17.9 Å². The van der Waals surface area contributed by atoms with Crippen LogP contribution in [0.25, 0.3) is 0 Å². The van der Waals surface area contributed by atoms with Crippen molar-refractivity contribution in [3.05, 3.63) is 24.3 Å². The summed E-state index contributed by atoms with van der Waals surface area (Å²) in [5, 5.41) is 0. The van der Waals surface area contributed by atoms with E-state index in [0.717, 1.165) is 31.6 Å². The van der Waals surface area contributed by atoms with Crippen LogP contribution in [0.1, 0.15) is 25.7 Å². The Labute approximate surface area is 143 Å². The van der Waals surface area contributed by atoms with Gasteiger partial charge >= 0.3 is 0 Å². The maximum Gasteiger partial charge on any atom is 0.232 e. The fourth-order valence-electron chi connectivity index (χ4n) is 3.33. The molecule has 2 saturated heterocycles. The summed E-state index contributed by atoms with van der Waals surface area (Å²) in [7, 11) is -3.37. The molecule has 2 heterocycles. The maximum absolute atomic E-state index is 12.2. The summed E-state index contributed by atoms with van der Waals surface area (Å²) in [6, 6.07) is 7.26. The Balaban J connectivity index is 1.80. The number of anilines is 2. The molecule has 1 aromatic carbocycles. The van der Waals surface area contributed by atoms with Gasteiger partial charge in [-0.15, -0.1) is 0 Å². The van der Waals surface area contributed by atoms with Gasteiger partial charge in [-0.2, -0.15) is 0 Å². The summed E-state index contributed by atoms with van der Waals surface area (Å²) in [5.41, 5.74) is 1.39. The Morgan fingerprint density at radius 1 is 1.38 bits per heavy atom. The first kappa shape index (κ1) is 17.2. The summed E-state index contributed by atoms with van der Waals surface area (Å²) < 4.78 is 31.3. The third kappa shape index (κ3) is 3.89. The number of benzene rings is 1. The van der Waals surface area contributed by atoms with Crippen molar-refractivity contribution in [2.75, 3.05) is 41.8 Å². The Bertz CT molecular complexity index is 698. The van der Waals surface area contributed by atoms with Crippen LogP contribution in [0.4, 0.5) is 11.4 Å². The van der Waals surface area contributed by atoms with Crippen molar-refractivity contribution in [3.8, 4) is 0 Å². The predicted molar refractivity (Wildman–Crippen MR) is 93.8 cm³/mol. The zero-order chi connectivity index (χ0) is 17.2. The van der Waals surface area contributed by atoms with Gasteiger partial charge in [0.05, 0.1) is 11.9 Å². The Morgan fingerprint density at radius 2 is 2.21 bits per heavy atom. The smallest absolute Gasteiger partial charge is 0.232 e. The molecule has 0 bridgehead atoms. The molecule has 7 heteroatoms. The standard InChI is InChI=1S/C17H24N2O4S/c1-24(21,22)19(10-7-14-8-11-23-13-14)16-5-2-4-15(12-16)18-9-3-6-17(18)20/h2,4-5,12,14H,3,6-11,13H2,1H3. The second kappa shape index (κ2) is 7.11. The highest BCUT2D eigenvalue weighted by molar-refractivity contribution is 7.92. The molecular weight excluding hydrogens is 328 g/mol. The monoisotopic (exact) mass is 352 g/mol. The molecule has 0 aliphatic carbocycles. The van der Waals surface area contributed by atoms with Gasteiger partial charge < -0.3 is 9.64 Å². The minimum atomic E-state index is -3.37. The number of carbonyl (C=O) groups excluding carboxylic acids is 1. The van der Waals surface area contributed by atoms with Gasteiger partial charge in [0.25, 0.3) is 0 Å². The van der Waals surface area contributed by atoms with Crippen molar-refractivity contribution in [1.29, 1.82) is 0 Å². The molecule has 132 valence electrons. The van der Waals surface area contributed by atoms with Crippen molar-refractivity contribution in [3.63, 3.8) is 0 Å². The van der Waals surface area contributed by atoms with Crippen LogP contribution in [0.15, 0.2) is 24.3 Å². The number of hydrogen-bond donors (Lipinski definition) is 0. The molecular formula is C17H24N2O4S. The van der Waals surface area contributed by atoms with Gasteiger partial charge in [0.2, 0.25) is 15.9 Å². The van der Waals surface area contributed by atoms with Crippen molar-refractivity contribution >= 4 is 27.3 Å². The number of hydrogen-bond acceptors (Lipinski definition) is 4. The molecule has 24 heavy (non-hydrogen) atoms. The highest BCUT2D eigenvalue weighted by Gasteiger charge is 2.25. The van der Waals surface area contributed by atoms with Gasteiger partial charge in [0.1, 0.15) is 0 Å². The molecule has 0 N–H and O–H groups in total. The lowest BCUT2D eigenvalue weighted by atomic mass is 10.1. The molecule has 1 aromatic rings. The molecule has 1 atom stereocenters. The van der Waals surface area contributed by atoms with E-state index >= 15 is 0 Å². The van der Waals surface area contributed by atoms with E-state index < -0.39 is 10.0 Å². The van der Waals surface area contributed by atoms with E-state index in [1.54, 1.807) is 17.0 Å². The number of rotatable bonds is 6. The molecule has 3 rings (SSSR count). The summed E-state index contributed by atoms with van der Waals surface area (Å²) in [4.78, 5) is 13.7. The van der Waals surface area contributed by atoms with Crippen LogP contribution >= 0.6 is 0 Å². The summed E-state index contributed by atoms with van der Waals surface area (Å²) in [5.74, 6) is 0.513. The largest absolute Gasteiger partial charge is 0.381 e. The van der Waals surface area contributed by atoms with E-state index in [-0.39, 0.29) is 5.91 Å². The van der Waals surface area contributed by atoms with Gasteiger partial charge in [-0.25, -0.2) is 8.42 Å². The van der Waals surface area contributed by atoms with E-state index in [2.05, 4.69) is 0 Å². The van der Waals surface area contributed by atoms with E-state index in [1.807, 2.05) is 12.1 Å². The average molecular weight is 352 g/mol. The first-order chi connectivity index (χ1) is 11.4. The van der Waals surface area contributed by atoms with E-state index in [1.165, 1.54) is 10.6 Å². The molecule has 0 radical (unpaired) electrons. The normalized spacial score (nSPS) is 21.5. The predicted octanol–water partition coefficient (Wildman–Crippen LogP) is 2.01. The molecule has 6 nitrogen and oxygen atoms in total. The van der Waals surface area contributed by atoms with Crippen LogP contribution in [0.5, 0.6) is 0 Å². The Morgan fingerprint density at radius 3 is 2.83 bits per heavy atom. The van der Waals surface area contributed by atoms with Crippen LogP contribution in [0.3, 0.4) is 0 Å². The zero-order valence-corrected chi connectivity index (χ0v) is 14.8. The molecule has 0 aromatic heterocycles. The van der Waals surface area contributed by atoms with Crippen molar-refractivity contribution in [2.24, 2.45) is 5.92 Å². The van der Waals surface area contributed by atoms with Crippen molar-refractivity contribution in [2.45, 2.75) is 25.7 Å². The maximum atomic E-state index is 12.2. The SMILES string of the molecule is CS(=O)(=O)N(CCC1CCOC1)c1cccc(N2CCCC2=O)c1. The fraction of sp³-hybridized carbons (Fsp3) is 0.588. The lowest BCUT2D eigenvalue weighted by molar-refractivity contribution is -0.117. The molecule has 0 spiro atoms. The first-order valence-corrected chi connectivity index (χ1v) is 10.3. The fourth-order valence-corrected chi connectivity index (χ4v) is 4.27. The number of nitrogens with zero attached hydrogens (tertiary/aromatic N) is 2. The van der Waals surface area contributed by atoms with E-state index in [0.29, 0.717) is 37.7 Å². The third-order valence-corrected chi connectivity index (χ3v) is 5.86. The van der Waals surface area contributed by atoms with Gasteiger partial charge in [0.15, 0.2) is 0 Å². The quantitative estimate of drug-likeness (QED) is 0.785. The van der Waals surface area contributed by atoms with Crippen LogP contribution in [-0.2, 0) is 19.6 Å². The van der Waals surface area contributed by atoms with Crippen LogP contribution in [0.2, 0.25) is 0 Å². The number of ether oxygens (including phenoxy) is 1. The third-order valence-electron chi connectivity index (χ3n) is 4.67. The summed E-state index contributed by atoms with van der Waals surface area (Å²) in [6.45, 7) is 2.60. The molecule has 2 fully saturated rings. The molecule has 2 aliphatic heterocycles. The second-order valence-corrected chi connectivity index (χ2v) is 8.43. The van der Waals surface area contributed by atoms with Gasteiger partial charge in [-0.1, -0.05) is 6.07 Å². The van der Waals surface area contributed by atoms with Gasteiger partial charge in [0, 0.05) is 38.4 Å². The van der Waals surface area contributed by atoms with Gasteiger partial charge in [-0.05, 0) is 43.4 Å². The molecule has 1 unspecified atom stereocenters. The highest BCUT2D eigenvalue weighted by atomic mass is 32.2. The topological polar surface area (TPSA) is 66.9 Å². The summed E-state index contributed by atoms with van der Waals surface area (Å²) in [6.07, 6.45) is 4.40. The van der Waals surface area contributed by atoms with E-state index in [9.17, 15) is 13.2 Å². The zero-order valence-electron chi connectivity index (χ0n) is 14.0. The number of amides is 1. The minimum Gasteiger partial charge on any atom is -0.381 e. The lowest BCUT2D eigenvalue weighted by Crippen LogP contribution is -2.32. The Hall–Kier alpha value is -1.60. The second-order valence-electron chi connectivity index (χ2n) is 6.52. The number of sulfonamides is 1. The van der Waals surface area contributed by atoms with Crippen molar-refractivity contribution in [1.82, 2.24) is 0 Å². The summed E-state index contributed by atoms with van der Waals surface area (Å²) >= 11 is 0. The van der Waals surface area contributed by atoms with Gasteiger partial charge in [-0.3, -0.25) is 9.10 Å². The molecule has 0 saturated carbocycles. The lowest BCUT2D eigenvalue weighted by Gasteiger charge is -2.25. The van der Waals surface area contributed by atoms with Crippen LogP contribution < -0.4 is 9.21 Å². The van der Waals surface area contributed by atoms with E-state index in [4.69, 9.17) is 4.74 Å². The van der Waals surface area contributed by atoms with Crippen LogP contribution in [-0.4, -0.2) is 46.9 Å². The molecule has 2 aliphatic rings. The molecule has 1 amide bonds. The number of carbonyl (C=O) groups is 1. The minimum absolute atomic E-state index is 0.0983. The first-order valence-electron chi connectivity index (χ1n) is 8.41. The Kier molecular flexibility index (Phi) is 5.10. The highest BCUT2D eigenvalue weighted by Crippen LogP contribution is 2.28.